The predicted molar refractivity (Wildman–Crippen MR) is 57.1 cm³/mol. The van der Waals surface area contributed by atoms with Gasteiger partial charge < -0.3 is 0 Å². The largest absolute Gasteiger partial charge is 0.293 e. The van der Waals surface area contributed by atoms with Crippen LogP contribution >= 0.6 is 0 Å². The number of aromatic nitrogens is 3. The zero-order valence-electron chi connectivity index (χ0n) is 9.06. The van der Waals surface area contributed by atoms with E-state index in [1.54, 1.807) is 10.6 Å². The minimum atomic E-state index is 0.000746. The summed E-state index contributed by atoms with van der Waals surface area (Å²) in [5.41, 5.74) is 1.30. The van der Waals surface area contributed by atoms with Crippen LogP contribution in [0.4, 0.5) is 0 Å². The topological polar surface area (TPSA) is 47.3 Å². The van der Waals surface area contributed by atoms with Gasteiger partial charge in [-0.15, -0.1) is 0 Å². The molecule has 2 rings (SSSR count). The lowest BCUT2D eigenvalue weighted by atomic mass is 10.2. The lowest BCUT2D eigenvalue weighted by Crippen LogP contribution is -2.03. The van der Waals surface area contributed by atoms with Crippen LogP contribution in [0, 0.1) is 0 Å². The van der Waals surface area contributed by atoms with Gasteiger partial charge in [-0.3, -0.25) is 4.79 Å². The molecule has 2 aromatic rings. The third-order valence-corrected chi connectivity index (χ3v) is 2.25. The summed E-state index contributed by atoms with van der Waals surface area (Å²) in [6, 6.07) is 5.43. The number of Topliss-reactive ketones (excluding diaryl/α,β-unsaturated/α-hetero) is 1. The number of rotatable bonds is 2. The second-order valence-electron chi connectivity index (χ2n) is 3.86. The molecule has 0 aromatic carbocycles. The van der Waals surface area contributed by atoms with Crippen molar-refractivity contribution in [2.75, 3.05) is 0 Å². The zero-order valence-corrected chi connectivity index (χ0v) is 9.06. The Hall–Kier alpha value is -1.71. The molecule has 4 nitrogen and oxygen atoms in total. The van der Waals surface area contributed by atoms with E-state index in [-0.39, 0.29) is 11.7 Å². The van der Waals surface area contributed by atoms with Gasteiger partial charge in [0.2, 0.25) is 0 Å². The quantitative estimate of drug-likeness (QED) is 0.702. The number of fused-ring (bicyclic) bond motifs is 1. The summed E-state index contributed by atoms with van der Waals surface area (Å²) in [6.45, 7) is 5.59. The molecule has 2 aromatic heterocycles. The number of nitrogens with zero attached hydrogens (tertiary/aromatic N) is 3. The fourth-order valence-corrected chi connectivity index (χ4v) is 1.43. The van der Waals surface area contributed by atoms with Crippen molar-refractivity contribution in [2.24, 2.45) is 0 Å². The summed E-state index contributed by atoms with van der Waals surface area (Å²) in [7, 11) is 0. The summed E-state index contributed by atoms with van der Waals surface area (Å²) in [6.07, 6.45) is 0. The minimum Gasteiger partial charge on any atom is -0.293 e. The molecule has 0 fully saturated rings. The Morgan fingerprint density at radius 1 is 1.40 bits per heavy atom. The highest BCUT2D eigenvalue weighted by Crippen LogP contribution is 2.12. The van der Waals surface area contributed by atoms with E-state index in [4.69, 9.17) is 0 Å². The van der Waals surface area contributed by atoms with Crippen molar-refractivity contribution in [2.45, 2.75) is 26.7 Å². The number of hydrogen-bond acceptors (Lipinski definition) is 3. The van der Waals surface area contributed by atoms with Gasteiger partial charge in [0, 0.05) is 12.8 Å². The van der Waals surface area contributed by atoms with E-state index >= 15 is 0 Å². The van der Waals surface area contributed by atoms with Gasteiger partial charge in [-0.2, -0.15) is 5.10 Å². The number of carbonyl (C=O) groups is 1. The summed E-state index contributed by atoms with van der Waals surface area (Å²) in [4.78, 5) is 15.7. The van der Waals surface area contributed by atoms with Gasteiger partial charge in [0.15, 0.2) is 17.3 Å². The minimum absolute atomic E-state index is 0.000746. The number of hydrogen-bond donors (Lipinski definition) is 0. The van der Waals surface area contributed by atoms with E-state index in [1.165, 1.54) is 6.92 Å². The Kier molecular flexibility index (Phi) is 2.26. The Morgan fingerprint density at radius 3 is 2.73 bits per heavy atom. The molecule has 0 aliphatic heterocycles. The van der Waals surface area contributed by atoms with Crippen molar-refractivity contribution in [3.63, 3.8) is 0 Å². The van der Waals surface area contributed by atoms with Gasteiger partial charge in [-0.25, -0.2) is 9.50 Å². The monoisotopic (exact) mass is 203 g/mol. The molecule has 0 radical (unpaired) electrons. The standard InChI is InChI=1S/C11H13N3O/c1-7(2)11-12-10-6-4-5-9(8(3)15)14(10)13-11/h4-7H,1-3H3. The maximum atomic E-state index is 11.3. The molecule has 2 heterocycles. The highest BCUT2D eigenvalue weighted by atomic mass is 16.1. The van der Waals surface area contributed by atoms with Crippen LogP contribution in [-0.4, -0.2) is 20.4 Å². The van der Waals surface area contributed by atoms with E-state index < -0.39 is 0 Å². The van der Waals surface area contributed by atoms with Gasteiger partial charge in [-0.05, 0) is 12.1 Å². The van der Waals surface area contributed by atoms with E-state index in [0.717, 1.165) is 11.5 Å². The van der Waals surface area contributed by atoms with E-state index in [2.05, 4.69) is 10.1 Å². The van der Waals surface area contributed by atoms with E-state index in [9.17, 15) is 4.79 Å². The van der Waals surface area contributed by atoms with Crippen LogP contribution in [0.3, 0.4) is 0 Å². The average molecular weight is 203 g/mol. The normalized spacial score (nSPS) is 11.2. The van der Waals surface area contributed by atoms with Crippen LogP contribution in [0.2, 0.25) is 0 Å². The molecule has 0 amide bonds. The third-order valence-electron chi connectivity index (χ3n) is 2.25. The maximum absolute atomic E-state index is 11.3. The third kappa shape index (κ3) is 1.63. The van der Waals surface area contributed by atoms with Gasteiger partial charge >= 0.3 is 0 Å². The lowest BCUT2D eigenvalue weighted by Gasteiger charge is -1.98. The van der Waals surface area contributed by atoms with Crippen molar-refractivity contribution in [3.8, 4) is 0 Å². The van der Waals surface area contributed by atoms with Gasteiger partial charge in [0.25, 0.3) is 0 Å². The Bertz CT molecular complexity index is 514. The van der Waals surface area contributed by atoms with Crippen LogP contribution in [0.1, 0.15) is 43.0 Å². The Labute approximate surface area is 87.9 Å². The highest BCUT2D eigenvalue weighted by Gasteiger charge is 2.11. The molecular formula is C11H13N3O. The summed E-state index contributed by atoms with van der Waals surface area (Å²) >= 11 is 0. The summed E-state index contributed by atoms with van der Waals surface area (Å²) < 4.78 is 1.61. The molecule has 0 unspecified atom stereocenters. The van der Waals surface area contributed by atoms with E-state index in [0.29, 0.717) is 5.69 Å². The predicted octanol–water partition coefficient (Wildman–Crippen LogP) is 2.06. The van der Waals surface area contributed by atoms with Gasteiger partial charge in [0.1, 0.15) is 5.69 Å². The van der Waals surface area contributed by atoms with Gasteiger partial charge in [-0.1, -0.05) is 19.9 Å². The molecule has 0 atom stereocenters. The molecule has 0 saturated heterocycles. The molecule has 0 aliphatic carbocycles. The summed E-state index contributed by atoms with van der Waals surface area (Å²) in [5.74, 6) is 1.04. The molecule has 0 N–H and O–H groups in total. The fraction of sp³-hybridized carbons (Fsp3) is 0.364. The molecule has 0 saturated carbocycles. The first-order valence-electron chi connectivity index (χ1n) is 4.96. The first-order chi connectivity index (χ1) is 7.09. The molecular weight excluding hydrogens is 190 g/mol. The van der Waals surface area contributed by atoms with Gasteiger partial charge in [0.05, 0.1) is 0 Å². The molecule has 78 valence electrons. The molecule has 0 spiro atoms. The van der Waals surface area contributed by atoms with Crippen LogP contribution in [0.5, 0.6) is 0 Å². The highest BCUT2D eigenvalue weighted by molar-refractivity contribution is 5.92. The van der Waals surface area contributed by atoms with E-state index in [1.807, 2.05) is 26.0 Å². The second-order valence-corrected chi connectivity index (χ2v) is 3.86. The van der Waals surface area contributed by atoms with Crippen molar-refractivity contribution < 1.29 is 4.79 Å². The zero-order chi connectivity index (χ0) is 11.0. The van der Waals surface area contributed by atoms with Crippen LogP contribution in [-0.2, 0) is 0 Å². The summed E-state index contributed by atoms with van der Waals surface area (Å²) in [5, 5.41) is 4.32. The molecule has 15 heavy (non-hydrogen) atoms. The smallest absolute Gasteiger partial charge is 0.178 e. The van der Waals surface area contributed by atoms with Crippen molar-refractivity contribution in [1.82, 2.24) is 14.6 Å². The lowest BCUT2D eigenvalue weighted by molar-refractivity contribution is 0.101. The molecule has 0 bridgehead atoms. The molecule has 4 heteroatoms. The van der Waals surface area contributed by atoms with Crippen LogP contribution in [0.25, 0.3) is 5.65 Å². The van der Waals surface area contributed by atoms with Crippen molar-refractivity contribution in [3.05, 3.63) is 29.7 Å². The first kappa shape index (κ1) is 9.83. The first-order valence-corrected chi connectivity index (χ1v) is 4.96. The number of carbonyl (C=O) groups excluding carboxylic acids is 1. The van der Waals surface area contributed by atoms with Crippen molar-refractivity contribution >= 4 is 11.4 Å². The maximum Gasteiger partial charge on any atom is 0.178 e. The van der Waals surface area contributed by atoms with Crippen LogP contribution in [0.15, 0.2) is 18.2 Å². The average Bonchev–Trinajstić information content (AvgIpc) is 2.60. The fourth-order valence-electron chi connectivity index (χ4n) is 1.43. The SMILES string of the molecule is CC(=O)c1cccc2nc(C(C)C)nn12. The molecule has 0 aliphatic rings. The van der Waals surface area contributed by atoms with Crippen LogP contribution < -0.4 is 0 Å². The second kappa shape index (κ2) is 3.46. The Morgan fingerprint density at radius 2 is 2.13 bits per heavy atom. The Balaban J connectivity index is 2.70. The number of ketones is 1. The van der Waals surface area contributed by atoms with Crippen molar-refractivity contribution in [1.29, 1.82) is 0 Å². The number of pyridine rings is 1.